The van der Waals surface area contributed by atoms with Crippen molar-refractivity contribution in [1.82, 2.24) is 5.32 Å². The van der Waals surface area contributed by atoms with Gasteiger partial charge in [0.2, 0.25) is 5.78 Å². The van der Waals surface area contributed by atoms with Crippen molar-refractivity contribution in [2.75, 3.05) is 0 Å². The van der Waals surface area contributed by atoms with Gasteiger partial charge >= 0.3 is 23.9 Å². The summed E-state index contributed by atoms with van der Waals surface area (Å²) in [5.41, 5.74) is -7.97. The van der Waals surface area contributed by atoms with Crippen LogP contribution in [-0.2, 0) is 42.9 Å². The van der Waals surface area contributed by atoms with E-state index in [0.717, 1.165) is 13.8 Å². The molecular weight excluding hydrogens is 794 g/mol. The Hall–Kier alpha value is -5.68. The Labute approximate surface area is 351 Å². The van der Waals surface area contributed by atoms with Crippen molar-refractivity contribution >= 4 is 35.6 Å². The lowest BCUT2D eigenvalue weighted by atomic mass is 9.46. The summed E-state index contributed by atoms with van der Waals surface area (Å²) in [7, 11) is 0. The number of hydrogen-bond acceptors (Lipinski definition) is 15. The van der Waals surface area contributed by atoms with E-state index in [0.29, 0.717) is 0 Å². The summed E-state index contributed by atoms with van der Waals surface area (Å²) >= 11 is 0. The molecule has 3 aromatic rings. The van der Waals surface area contributed by atoms with Crippen LogP contribution in [0.5, 0.6) is 0 Å². The first-order chi connectivity index (χ1) is 28.6. The van der Waals surface area contributed by atoms with Crippen molar-refractivity contribution in [3.8, 4) is 0 Å². The highest BCUT2D eigenvalue weighted by atomic mass is 16.7. The third-order valence-electron chi connectivity index (χ3n) is 13.2. The zero-order valence-corrected chi connectivity index (χ0v) is 34.7. The largest absolute Gasteiger partial charge is 0.472 e. The molecular formula is C45H49NO15. The number of amides is 1. The molecule has 324 valence electrons. The minimum absolute atomic E-state index is 0.0539. The van der Waals surface area contributed by atoms with E-state index in [-0.39, 0.29) is 34.3 Å². The Morgan fingerprint density at radius 1 is 0.869 bits per heavy atom. The van der Waals surface area contributed by atoms with Crippen LogP contribution in [0.1, 0.15) is 93.6 Å². The van der Waals surface area contributed by atoms with Crippen LogP contribution in [0, 0.1) is 16.7 Å². The summed E-state index contributed by atoms with van der Waals surface area (Å²) in [4.78, 5) is 83.8. The highest BCUT2D eigenvalue weighted by Crippen LogP contribution is 2.67. The molecule has 11 atom stereocenters. The van der Waals surface area contributed by atoms with Gasteiger partial charge < -0.3 is 48.7 Å². The number of ether oxygens (including phenoxy) is 5. The average molecular weight is 844 g/mol. The molecule has 3 heterocycles. The normalized spacial score (nSPS) is 33.3. The summed E-state index contributed by atoms with van der Waals surface area (Å²) in [6.45, 7) is 9.46. The molecule has 6 bridgehead atoms. The molecule has 8 rings (SSSR count). The van der Waals surface area contributed by atoms with E-state index < -0.39 is 112 Å². The van der Waals surface area contributed by atoms with Crippen LogP contribution in [0.4, 0.5) is 0 Å². The average Bonchev–Trinajstić information content (AvgIpc) is 3.71. The number of aliphatic hydroxyl groups excluding tert-OH is 2. The molecule has 1 aromatic heterocycles. The second-order valence-electron chi connectivity index (χ2n) is 17.2. The van der Waals surface area contributed by atoms with E-state index in [9.17, 15) is 39.3 Å². The van der Waals surface area contributed by atoms with Crippen molar-refractivity contribution in [2.45, 2.75) is 115 Å². The predicted octanol–water partition coefficient (Wildman–Crippen LogP) is 3.68. The number of ketones is 1. The molecule has 4 N–H and O–H groups in total. The highest BCUT2D eigenvalue weighted by molar-refractivity contribution is 5.99. The fourth-order valence-electron chi connectivity index (χ4n) is 10.3. The number of furan rings is 1. The molecule has 16 nitrogen and oxygen atoms in total. The SMILES string of the molecule is CC(=O)O[C@@]12O[C@@H]3C[C@H](O)[C@@](C)(C1=O)[C@H]([C@H](OC(=O)c1ccccc1)[C@]1(O)C[C@H](OC(=O)[C@H](O)[C@@H](NC(=O)c4ccccc4)c4ccoc4)C(C)=C2C1(C)C)[C@@]3(C)OC(C)=O. The van der Waals surface area contributed by atoms with Crippen molar-refractivity contribution < 1.29 is 72.2 Å². The maximum Gasteiger partial charge on any atom is 0.338 e. The lowest BCUT2D eigenvalue weighted by Gasteiger charge is -2.62. The van der Waals surface area contributed by atoms with Crippen LogP contribution in [0.25, 0.3) is 0 Å². The number of Topliss-reactive ketones (excluding diaryl/α,β-unsaturated/α-hetero) is 1. The van der Waals surface area contributed by atoms with Gasteiger partial charge in [0.05, 0.1) is 41.6 Å². The summed E-state index contributed by atoms with van der Waals surface area (Å²) < 4.78 is 36.3. The first-order valence-corrected chi connectivity index (χ1v) is 19.9. The lowest BCUT2D eigenvalue weighted by Crippen LogP contribution is -2.76. The molecule has 16 heteroatoms. The number of carbonyl (C=O) groups is 6. The second kappa shape index (κ2) is 15.3. The van der Waals surface area contributed by atoms with Crippen molar-refractivity contribution in [1.29, 1.82) is 0 Å². The summed E-state index contributed by atoms with van der Waals surface area (Å²) in [5, 5.41) is 40.0. The van der Waals surface area contributed by atoms with Gasteiger partial charge in [-0.1, -0.05) is 50.2 Å². The number of carbonyl (C=O) groups excluding carboxylic acids is 6. The molecule has 3 aliphatic carbocycles. The van der Waals surface area contributed by atoms with Gasteiger partial charge in [0, 0.05) is 48.8 Å². The van der Waals surface area contributed by atoms with Gasteiger partial charge in [-0.05, 0) is 56.7 Å². The Balaban J connectivity index is 1.42. The first kappa shape index (κ1) is 43.4. The van der Waals surface area contributed by atoms with Gasteiger partial charge in [0.15, 0.2) is 6.10 Å². The molecule has 0 radical (unpaired) electrons. The molecule has 2 saturated carbocycles. The van der Waals surface area contributed by atoms with Crippen molar-refractivity contribution in [3.63, 3.8) is 0 Å². The van der Waals surface area contributed by atoms with E-state index in [2.05, 4.69) is 5.32 Å². The van der Waals surface area contributed by atoms with E-state index >= 15 is 4.79 Å². The molecule has 4 fully saturated rings. The molecule has 5 aliphatic rings. The van der Waals surface area contributed by atoms with E-state index in [4.69, 9.17) is 28.1 Å². The Morgan fingerprint density at radius 2 is 1.48 bits per heavy atom. The smallest absolute Gasteiger partial charge is 0.338 e. The maximum atomic E-state index is 15.7. The standard InChI is InChI=1S/C45H49NO15/c1-23-29(57-39(53)33(50)32(28-18-19-56-22-28)46-37(51)26-14-10-8-11-15-26)21-44(55)36(58-38(52)27-16-12-9-13-17-27)35-42(6)30(49)20-31(43(35,7)59-24(2)47)61-45(40(42)54,60-25(3)48)34(23)41(44,4)5/h8-19,22,29-33,35-36,49-50,55H,20-21H2,1-7H3,(H,46,51)/t29-,30-,31+,32-,33+,35-,36-,42+,43-,44+,45-/m0/s1. The molecule has 0 spiro atoms. The minimum Gasteiger partial charge on any atom is -0.472 e. The first-order valence-electron chi connectivity index (χ1n) is 19.9. The van der Waals surface area contributed by atoms with Crippen LogP contribution in [0.2, 0.25) is 0 Å². The van der Waals surface area contributed by atoms with E-state index in [1.165, 1.54) is 77.5 Å². The monoisotopic (exact) mass is 843 g/mol. The molecule has 0 unspecified atom stereocenters. The fourth-order valence-corrected chi connectivity index (χ4v) is 10.3. The molecule has 2 aliphatic heterocycles. The fraction of sp³-hybridized carbons (Fsp3) is 0.467. The van der Waals surface area contributed by atoms with Crippen LogP contribution in [0.15, 0.2) is 94.8 Å². The maximum absolute atomic E-state index is 15.7. The van der Waals surface area contributed by atoms with Crippen LogP contribution < -0.4 is 5.32 Å². The van der Waals surface area contributed by atoms with Gasteiger partial charge in [0.25, 0.3) is 11.7 Å². The number of aliphatic hydroxyl groups is 3. The number of fused-ring (bicyclic) bond motifs is 3. The topological polar surface area (TPSA) is 234 Å². The molecule has 2 aromatic carbocycles. The highest BCUT2D eigenvalue weighted by Gasteiger charge is 2.81. The molecule has 2 saturated heterocycles. The number of hydrogen-bond donors (Lipinski definition) is 4. The van der Waals surface area contributed by atoms with Gasteiger partial charge in [0.1, 0.15) is 29.5 Å². The zero-order chi connectivity index (χ0) is 44.4. The zero-order valence-electron chi connectivity index (χ0n) is 34.7. The molecule has 1 amide bonds. The molecule has 61 heavy (non-hydrogen) atoms. The Kier molecular flexibility index (Phi) is 10.9. The Morgan fingerprint density at radius 3 is 2.05 bits per heavy atom. The number of esters is 4. The van der Waals surface area contributed by atoms with Crippen LogP contribution in [-0.4, -0.2) is 98.4 Å². The van der Waals surface area contributed by atoms with Gasteiger partial charge in [-0.2, -0.15) is 0 Å². The number of benzene rings is 2. The van der Waals surface area contributed by atoms with Crippen LogP contribution in [0.3, 0.4) is 0 Å². The minimum atomic E-state index is -2.75. The van der Waals surface area contributed by atoms with E-state index in [1.54, 1.807) is 36.4 Å². The Bertz CT molecular complexity index is 2270. The van der Waals surface area contributed by atoms with Crippen molar-refractivity contribution in [2.24, 2.45) is 16.7 Å². The van der Waals surface area contributed by atoms with Gasteiger partial charge in [-0.15, -0.1) is 0 Å². The van der Waals surface area contributed by atoms with Crippen molar-refractivity contribution in [3.05, 3.63) is 107 Å². The quantitative estimate of drug-likeness (QED) is 0.130. The third-order valence-corrected chi connectivity index (χ3v) is 13.2. The second-order valence-corrected chi connectivity index (χ2v) is 17.2. The summed E-state index contributed by atoms with van der Waals surface area (Å²) in [5.74, 6) is -10.1. The van der Waals surface area contributed by atoms with Gasteiger partial charge in [-0.3, -0.25) is 19.2 Å². The lowest BCUT2D eigenvalue weighted by molar-refractivity contribution is -0.266. The summed E-state index contributed by atoms with van der Waals surface area (Å²) in [6.07, 6.45) is -6.95. The predicted molar refractivity (Wildman–Crippen MR) is 210 cm³/mol. The number of nitrogens with one attached hydrogen (secondary N) is 1. The van der Waals surface area contributed by atoms with Crippen LogP contribution >= 0.6 is 0 Å². The van der Waals surface area contributed by atoms with E-state index in [1.807, 2.05) is 0 Å². The third kappa shape index (κ3) is 6.76. The van der Waals surface area contributed by atoms with Gasteiger partial charge in [-0.25, -0.2) is 9.59 Å². The summed E-state index contributed by atoms with van der Waals surface area (Å²) in [6, 6.07) is 15.9. The number of rotatable bonds is 10.